The maximum atomic E-state index is 11.9. The summed E-state index contributed by atoms with van der Waals surface area (Å²) in [4.78, 5) is 14.2. The van der Waals surface area contributed by atoms with Gasteiger partial charge in [-0.3, -0.25) is 9.69 Å². The molecule has 0 spiro atoms. The summed E-state index contributed by atoms with van der Waals surface area (Å²) in [5, 5.41) is 2.90. The van der Waals surface area contributed by atoms with Crippen LogP contribution in [0.1, 0.15) is 16.7 Å². The fourth-order valence-corrected chi connectivity index (χ4v) is 2.76. The van der Waals surface area contributed by atoms with E-state index in [4.69, 9.17) is 9.47 Å². The average Bonchev–Trinajstić information content (AvgIpc) is 2.47. The molecule has 0 radical (unpaired) electrons. The van der Waals surface area contributed by atoms with Gasteiger partial charge in [-0.15, -0.1) is 0 Å². The van der Waals surface area contributed by atoms with Crippen LogP contribution in [0.3, 0.4) is 0 Å². The van der Waals surface area contributed by atoms with Crippen LogP contribution in [0, 0.1) is 20.8 Å². The van der Waals surface area contributed by atoms with Gasteiger partial charge < -0.3 is 14.8 Å². The van der Waals surface area contributed by atoms with Gasteiger partial charge >= 0.3 is 0 Å². The zero-order valence-electron chi connectivity index (χ0n) is 13.8. The van der Waals surface area contributed by atoms with Crippen molar-refractivity contribution < 1.29 is 14.3 Å². The second-order valence-electron chi connectivity index (χ2n) is 5.82. The number of carbonyl (C=O) groups is 1. The molecule has 1 aliphatic heterocycles. The Morgan fingerprint density at radius 3 is 2.50 bits per heavy atom. The summed E-state index contributed by atoms with van der Waals surface area (Å²) in [7, 11) is 0. The highest BCUT2D eigenvalue weighted by Gasteiger charge is 2.11. The molecule has 1 saturated heterocycles. The lowest BCUT2D eigenvalue weighted by molar-refractivity contribution is -0.123. The summed E-state index contributed by atoms with van der Waals surface area (Å²) in [6.45, 7) is 11.1. The Morgan fingerprint density at radius 2 is 1.86 bits per heavy atom. The lowest BCUT2D eigenvalue weighted by Gasteiger charge is -2.26. The molecule has 1 aliphatic rings. The van der Waals surface area contributed by atoms with E-state index in [0.717, 1.165) is 49.7 Å². The van der Waals surface area contributed by atoms with Crippen LogP contribution in [0.4, 0.5) is 0 Å². The van der Waals surface area contributed by atoms with Gasteiger partial charge in [0.2, 0.25) is 0 Å². The summed E-state index contributed by atoms with van der Waals surface area (Å²) in [6.07, 6.45) is 0. The summed E-state index contributed by atoms with van der Waals surface area (Å²) < 4.78 is 11.0. The van der Waals surface area contributed by atoms with E-state index >= 15 is 0 Å². The van der Waals surface area contributed by atoms with Crippen LogP contribution in [0.25, 0.3) is 0 Å². The molecule has 0 unspecified atom stereocenters. The van der Waals surface area contributed by atoms with Gasteiger partial charge in [0.1, 0.15) is 5.75 Å². The lowest BCUT2D eigenvalue weighted by Crippen LogP contribution is -2.42. The van der Waals surface area contributed by atoms with Gasteiger partial charge in [0, 0.05) is 26.2 Å². The Kier molecular flexibility index (Phi) is 6.21. The first-order valence-electron chi connectivity index (χ1n) is 7.83. The number of amides is 1. The Balaban J connectivity index is 1.71. The molecule has 5 heteroatoms. The van der Waals surface area contributed by atoms with E-state index in [-0.39, 0.29) is 12.5 Å². The molecule has 0 bridgehead atoms. The van der Waals surface area contributed by atoms with Crippen LogP contribution in [0.5, 0.6) is 5.75 Å². The largest absolute Gasteiger partial charge is 0.483 e. The summed E-state index contributed by atoms with van der Waals surface area (Å²) in [6, 6.07) is 4.14. The number of ether oxygens (including phenoxy) is 2. The van der Waals surface area contributed by atoms with Crippen molar-refractivity contribution in [1.29, 1.82) is 0 Å². The molecule has 5 nitrogen and oxygen atoms in total. The Labute approximate surface area is 132 Å². The van der Waals surface area contributed by atoms with Crippen molar-refractivity contribution in [3.8, 4) is 5.75 Å². The van der Waals surface area contributed by atoms with Gasteiger partial charge in [0.25, 0.3) is 5.91 Å². The quantitative estimate of drug-likeness (QED) is 0.864. The number of morpholine rings is 1. The highest BCUT2D eigenvalue weighted by atomic mass is 16.5. The van der Waals surface area contributed by atoms with E-state index in [1.54, 1.807) is 0 Å². The van der Waals surface area contributed by atoms with E-state index in [1.807, 2.05) is 13.8 Å². The number of nitrogens with zero attached hydrogens (tertiary/aromatic N) is 1. The Morgan fingerprint density at radius 1 is 1.23 bits per heavy atom. The molecule has 0 aromatic heterocycles. The SMILES string of the molecule is Cc1cc(C)c(OCC(=O)NCCN2CCOCC2)c(C)c1. The first kappa shape index (κ1) is 16.8. The molecular formula is C17H26N2O3. The van der Waals surface area contributed by atoms with E-state index < -0.39 is 0 Å². The zero-order valence-corrected chi connectivity index (χ0v) is 13.8. The minimum absolute atomic E-state index is 0.0633. The standard InChI is InChI=1S/C17H26N2O3/c1-13-10-14(2)17(15(3)11-13)22-12-16(20)18-4-5-19-6-8-21-9-7-19/h10-11H,4-9,12H2,1-3H3,(H,18,20). The smallest absolute Gasteiger partial charge is 0.257 e. The van der Waals surface area contributed by atoms with Crippen molar-refractivity contribution >= 4 is 5.91 Å². The van der Waals surface area contributed by atoms with Crippen LogP contribution in [-0.2, 0) is 9.53 Å². The molecule has 22 heavy (non-hydrogen) atoms. The number of rotatable bonds is 6. The second-order valence-corrected chi connectivity index (χ2v) is 5.82. The summed E-state index contributed by atoms with van der Waals surface area (Å²) in [5.74, 6) is 0.738. The fraction of sp³-hybridized carbons (Fsp3) is 0.588. The first-order valence-corrected chi connectivity index (χ1v) is 7.83. The van der Waals surface area contributed by atoms with Crippen molar-refractivity contribution in [2.75, 3.05) is 46.0 Å². The number of nitrogens with one attached hydrogen (secondary N) is 1. The highest BCUT2D eigenvalue weighted by molar-refractivity contribution is 5.77. The van der Waals surface area contributed by atoms with Crippen molar-refractivity contribution in [2.45, 2.75) is 20.8 Å². The molecular weight excluding hydrogens is 280 g/mol. The van der Waals surface area contributed by atoms with Crippen molar-refractivity contribution in [1.82, 2.24) is 10.2 Å². The lowest BCUT2D eigenvalue weighted by atomic mass is 10.1. The molecule has 1 fully saturated rings. The number of hydrogen-bond donors (Lipinski definition) is 1. The van der Waals surface area contributed by atoms with E-state index in [2.05, 4.69) is 29.3 Å². The molecule has 0 aliphatic carbocycles. The molecule has 0 saturated carbocycles. The molecule has 1 N–H and O–H groups in total. The number of hydrogen-bond acceptors (Lipinski definition) is 4. The molecule has 1 aromatic rings. The van der Waals surface area contributed by atoms with Crippen LogP contribution in [0.2, 0.25) is 0 Å². The molecule has 122 valence electrons. The van der Waals surface area contributed by atoms with Crippen LogP contribution >= 0.6 is 0 Å². The molecule has 1 aromatic carbocycles. The minimum atomic E-state index is -0.0763. The molecule has 2 rings (SSSR count). The van der Waals surface area contributed by atoms with Crippen molar-refractivity contribution in [2.24, 2.45) is 0 Å². The Bertz CT molecular complexity index is 488. The van der Waals surface area contributed by atoms with Crippen molar-refractivity contribution in [3.05, 3.63) is 28.8 Å². The average molecular weight is 306 g/mol. The molecule has 0 atom stereocenters. The fourth-order valence-electron chi connectivity index (χ4n) is 2.76. The van der Waals surface area contributed by atoms with Crippen LogP contribution < -0.4 is 10.1 Å². The topological polar surface area (TPSA) is 50.8 Å². The summed E-state index contributed by atoms with van der Waals surface area (Å²) >= 11 is 0. The first-order chi connectivity index (χ1) is 10.6. The maximum absolute atomic E-state index is 11.9. The second kappa shape index (κ2) is 8.15. The van der Waals surface area contributed by atoms with Crippen LogP contribution in [0.15, 0.2) is 12.1 Å². The van der Waals surface area contributed by atoms with Gasteiger partial charge in [-0.2, -0.15) is 0 Å². The van der Waals surface area contributed by atoms with Gasteiger partial charge in [-0.05, 0) is 31.9 Å². The normalized spacial score (nSPS) is 15.6. The third kappa shape index (κ3) is 5.00. The van der Waals surface area contributed by atoms with E-state index in [0.29, 0.717) is 6.54 Å². The van der Waals surface area contributed by atoms with Gasteiger partial charge in [0.15, 0.2) is 6.61 Å². The molecule has 1 amide bonds. The van der Waals surface area contributed by atoms with Crippen molar-refractivity contribution in [3.63, 3.8) is 0 Å². The predicted octanol–water partition coefficient (Wildman–Crippen LogP) is 1.44. The van der Waals surface area contributed by atoms with E-state index in [9.17, 15) is 4.79 Å². The summed E-state index contributed by atoms with van der Waals surface area (Å²) in [5.41, 5.74) is 3.34. The third-order valence-corrected chi connectivity index (χ3v) is 3.81. The number of aryl methyl sites for hydroxylation is 3. The Hall–Kier alpha value is -1.59. The van der Waals surface area contributed by atoms with Gasteiger partial charge in [0.05, 0.1) is 13.2 Å². The highest BCUT2D eigenvalue weighted by Crippen LogP contribution is 2.24. The molecule has 1 heterocycles. The van der Waals surface area contributed by atoms with Crippen LogP contribution in [-0.4, -0.2) is 56.8 Å². The predicted molar refractivity (Wildman–Crippen MR) is 86.4 cm³/mol. The minimum Gasteiger partial charge on any atom is -0.483 e. The van der Waals surface area contributed by atoms with Gasteiger partial charge in [-0.1, -0.05) is 17.7 Å². The monoisotopic (exact) mass is 306 g/mol. The third-order valence-electron chi connectivity index (χ3n) is 3.81. The number of carbonyl (C=O) groups excluding carboxylic acids is 1. The van der Waals surface area contributed by atoms with E-state index in [1.165, 1.54) is 5.56 Å². The van der Waals surface area contributed by atoms with Gasteiger partial charge in [-0.25, -0.2) is 0 Å². The maximum Gasteiger partial charge on any atom is 0.257 e. The number of benzene rings is 1. The zero-order chi connectivity index (χ0) is 15.9.